The molecule has 21 heavy (non-hydrogen) atoms. The number of halogens is 3. The van der Waals surface area contributed by atoms with E-state index < -0.39 is 5.82 Å². The molecule has 3 nitrogen and oxygen atoms in total. The average molecular weight is 329 g/mol. The highest BCUT2D eigenvalue weighted by Gasteiger charge is 2.18. The number of methoxy groups -OCH3 is 2. The van der Waals surface area contributed by atoms with Crippen LogP contribution in [0, 0.1) is 5.82 Å². The van der Waals surface area contributed by atoms with E-state index in [4.69, 9.17) is 32.7 Å². The number of benzene rings is 2. The van der Waals surface area contributed by atoms with E-state index in [0.29, 0.717) is 11.5 Å². The third-order valence-corrected chi connectivity index (χ3v) is 3.50. The molecule has 0 saturated carbocycles. The molecular formula is C15H11Cl2FO3. The number of carbonyl (C=O) groups excluding carboxylic acids is 1. The van der Waals surface area contributed by atoms with Gasteiger partial charge in [-0.2, -0.15) is 0 Å². The lowest BCUT2D eigenvalue weighted by Crippen LogP contribution is -2.04. The number of ether oxygens (including phenoxy) is 2. The van der Waals surface area contributed by atoms with Crippen LogP contribution in [0.3, 0.4) is 0 Å². The largest absolute Gasteiger partial charge is 0.493 e. The van der Waals surface area contributed by atoms with E-state index in [-0.39, 0.29) is 27.0 Å². The maximum atomic E-state index is 13.2. The Balaban J connectivity index is 2.50. The number of rotatable bonds is 4. The standard InChI is InChI=1S/C15H11Cl2FO3/c1-20-13-6-9(10(16)7-14(13)21-2)15(19)8-3-4-12(18)11(17)5-8/h3-7H,1-2H3. The number of carbonyl (C=O) groups is 1. The molecule has 0 radical (unpaired) electrons. The Morgan fingerprint density at radius 3 is 2.19 bits per heavy atom. The fourth-order valence-corrected chi connectivity index (χ4v) is 2.24. The minimum atomic E-state index is -0.591. The summed E-state index contributed by atoms with van der Waals surface area (Å²) in [5, 5.41) is 0.0792. The summed E-state index contributed by atoms with van der Waals surface area (Å²) in [7, 11) is 2.92. The van der Waals surface area contributed by atoms with E-state index in [9.17, 15) is 9.18 Å². The van der Waals surface area contributed by atoms with E-state index in [0.717, 1.165) is 6.07 Å². The van der Waals surface area contributed by atoms with E-state index in [2.05, 4.69) is 0 Å². The molecule has 0 heterocycles. The lowest BCUT2D eigenvalue weighted by atomic mass is 10.0. The molecule has 0 unspecified atom stereocenters. The first-order chi connectivity index (χ1) is 9.97. The number of hydrogen-bond donors (Lipinski definition) is 0. The van der Waals surface area contributed by atoms with Gasteiger partial charge in [-0.3, -0.25) is 4.79 Å². The quantitative estimate of drug-likeness (QED) is 0.781. The third-order valence-electron chi connectivity index (χ3n) is 2.90. The summed E-state index contributed by atoms with van der Waals surface area (Å²) in [6, 6.07) is 6.69. The zero-order valence-corrected chi connectivity index (χ0v) is 12.8. The van der Waals surface area contributed by atoms with Gasteiger partial charge in [-0.05, 0) is 24.3 Å². The van der Waals surface area contributed by atoms with E-state index in [1.54, 1.807) is 0 Å². The molecule has 0 fully saturated rings. The van der Waals surface area contributed by atoms with Crippen molar-refractivity contribution < 1.29 is 18.7 Å². The van der Waals surface area contributed by atoms with Crippen molar-refractivity contribution in [1.29, 1.82) is 0 Å². The molecule has 0 amide bonds. The molecule has 0 spiro atoms. The minimum Gasteiger partial charge on any atom is -0.493 e. The summed E-state index contributed by atoms with van der Waals surface area (Å²) in [6.07, 6.45) is 0. The predicted molar refractivity (Wildman–Crippen MR) is 79.4 cm³/mol. The number of hydrogen-bond acceptors (Lipinski definition) is 3. The first kappa shape index (κ1) is 15.6. The van der Waals surface area contributed by atoms with Crippen LogP contribution in [0.2, 0.25) is 10.0 Å². The summed E-state index contributed by atoms with van der Waals surface area (Å²) < 4.78 is 23.4. The highest BCUT2D eigenvalue weighted by molar-refractivity contribution is 6.35. The van der Waals surface area contributed by atoms with Gasteiger partial charge in [0, 0.05) is 17.2 Å². The summed E-state index contributed by atoms with van der Waals surface area (Å²) in [5.74, 6) is -0.191. The van der Waals surface area contributed by atoms with Crippen LogP contribution in [0.4, 0.5) is 4.39 Å². The van der Waals surface area contributed by atoms with Gasteiger partial charge in [0.25, 0.3) is 0 Å². The van der Waals surface area contributed by atoms with Crippen LogP contribution in [0.1, 0.15) is 15.9 Å². The van der Waals surface area contributed by atoms with Gasteiger partial charge in [0.05, 0.1) is 24.3 Å². The Bertz CT molecular complexity index is 702. The molecule has 0 aliphatic rings. The summed E-state index contributed by atoms with van der Waals surface area (Å²) in [4.78, 5) is 12.4. The molecule has 0 aliphatic carbocycles. The van der Waals surface area contributed by atoms with Gasteiger partial charge in [0.15, 0.2) is 17.3 Å². The van der Waals surface area contributed by atoms with Crippen LogP contribution in [-0.4, -0.2) is 20.0 Å². The van der Waals surface area contributed by atoms with Crippen LogP contribution in [0.25, 0.3) is 0 Å². The summed E-state index contributed by atoms with van der Waals surface area (Å²) in [5.41, 5.74) is 0.451. The van der Waals surface area contributed by atoms with Crippen LogP contribution < -0.4 is 9.47 Å². The van der Waals surface area contributed by atoms with Crippen LogP contribution in [0.5, 0.6) is 11.5 Å². The van der Waals surface area contributed by atoms with Gasteiger partial charge in [-0.15, -0.1) is 0 Å². The smallest absolute Gasteiger partial charge is 0.194 e. The van der Waals surface area contributed by atoms with Gasteiger partial charge >= 0.3 is 0 Å². The molecule has 0 aliphatic heterocycles. The Labute approximate surface area is 131 Å². The maximum Gasteiger partial charge on any atom is 0.194 e. The molecule has 0 N–H and O–H groups in total. The molecule has 0 saturated heterocycles. The van der Waals surface area contributed by atoms with E-state index >= 15 is 0 Å². The van der Waals surface area contributed by atoms with Crippen LogP contribution >= 0.6 is 23.2 Å². The van der Waals surface area contributed by atoms with Crippen molar-refractivity contribution in [2.45, 2.75) is 0 Å². The SMILES string of the molecule is COc1cc(Cl)c(C(=O)c2ccc(F)c(Cl)c2)cc1OC. The maximum absolute atomic E-state index is 13.2. The topological polar surface area (TPSA) is 35.5 Å². The average Bonchev–Trinajstić information content (AvgIpc) is 2.49. The zero-order chi connectivity index (χ0) is 15.6. The molecule has 6 heteroatoms. The van der Waals surface area contributed by atoms with Gasteiger partial charge in [0.1, 0.15) is 5.82 Å². The zero-order valence-electron chi connectivity index (χ0n) is 11.2. The fraction of sp³-hybridized carbons (Fsp3) is 0.133. The lowest BCUT2D eigenvalue weighted by Gasteiger charge is -2.11. The lowest BCUT2D eigenvalue weighted by molar-refractivity contribution is 0.103. The highest BCUT2D eigenvalue weighted by atomic mass is 35.5. The molecule has 2 aromatic carbocycles. The molecule has 110 valence electrons. The Hall–Kier alpha value is -1.78. The predicted octanol–water partition coefficient (Wildman–Crippen LogP) is 4.38. The van der Waals surface area contributed by atoms with Crippen molar-refractivity contribution in [1.82, 2.24) is 0 Å². The molecule has 0 atom stereocenters. The first-order valence-corrected chi connectivity index (χ1v) is 6.64. The highest BCUT2D eigenvalue weighted by Crippen LogP contribution is 2.34. The summed E-state index contributed by atoms with van der Waals surface area (Å²) in [6.45, 7) is 0. The Morgan fingerprint density at radius 2 is 1.62 bits per heavy atom. The second kappa shape index (κ2) is 6.33. The van der Waals surface area contributed by atoms with Gasteiger partial charge in [-0.25, -0.2) is 4.39 Å². The Morgan fingerprint density at radius 1 is 1.00 bits per heavy atom. The second-order valence-corrected chi connectivity index (χ2v) is 4.96. The number of ketones is 1. The third kappa shape index (κ3) is 3.12. The van der Waals surface area contributed by atoms with Crippen LogP contribution in [-0.2, 0) is 0 Å². The van der Waals surface area contributed by atoms with E-state index in [1.807, 2.05) is 0 Å². The van der Waals surface area contributed by atoms with Crippen LogP contribution in [0.15, 0.2) is 30.3 Å². The van der Waals surface area contributed by atoms with Crippen molar-refractivity contribution in [3.8, 4) is 11.5 Å². The molecule has 0 bridgehead atoms. The van der Waals surface area contributed by atoms with Crippen molar-refractivity contribution in [2.24, 2.45) is 0 Å². The molecule has 0 aromatic heterocycles. The molecule has 2 rings (SSSR count). The van der Waals surface area contributed by atoms with Crippen molar-refractivity contribution in [3.63, 3.8) is 0 Å². The van der Waals surface area contributed by atoms with Crippen molar-refractivity contribution in [2.75, 3.05) is 14.2 Å². The van der Waals surface area contributed by atoms with E-state index in [1.165, 1.54) is 38.5 Å². The first-order valence-electron chi connectivity index (χ1n) is 5.89. The summed E-state index contributed by atoms with van der Waals surface area (Å²) >= 11 is 11.8. The second-order valence-electron chi connectivity index (χ2n) is 4.15. The van der Waals surface area contributed by atoms with Gasteiger partial charge < -0.3 is 9.47 Å². The van der Waals surface area contributed by atoms with Gasteiger partial charge in [-0.1, -0.05) is 23.2 Å². The van der Waals surface area contributed by atoms with Gasteiger partial charge in [0.2, 0.25) is 0 Å². The molecule has 2 aromatic rings. The van der Waals surface area contributed by atoms with Crippen molar-refractivity contribution in [3.05, 3.63) is 57.3 Å². The fourth-order valence-electron chi connectivity index (χ4n) is 1.82. The Kier molecular flexibility index (Phi) is 4.70. The normalized spacial score (nSPS) is 10.3. The molecular weight excluding hydrogens is 318 g/mol. The monoisotopic (exact) mass is 328 g/mol. The van der Waals surface area contributed by atoms with Crippen molar-refractivity contribution >= 4 is 29.0 Å². The minimum absolute atomic E-state index is 0.127.